The molecule has 1 saturated heterocycles. The summed E-state index contributed by atoms with van der Waals surface area (Å²) in [5.74, 6) is -2.05. The van der Waals surface area contributed by atoms with Gasteiger partial charge in [-0.2, -0.15) is 0 Å². The van der Waals surface area contributed by atoms with Gasteiger partial charge in [0, 0.05) is 24.6 Å². The van der Waals surface area contributed by atoms with E-state index >= 15 is 0 Å². The second-order valence-corrected chi connectivity index (χ2v) is 6.37. The van der Waals surface area contributed by atoms with Crippen LogP contribution in [0.1, 0.15) is 38.8 Å². The minimum Gasteiger partial charge on any atom is -0.348 e. The maximum absolute atomic E-state index is 14.0. The molecule has 5 nitrogen and oxygen atoms in total. The number of ether oxygens (including phenoxy) is 2. The molecule has 1 aliphatic heterocycles. The molecule has 1 aromatic rings. The molecule has 2 amide bonds. The van der Waals surface area contributed by atoms with Crippen molar-refractivity contribution in [3.05, 3.63) is 35.4 Å². The summed E-state index contributed by atoms with van der Waals surface area (Å²) in [6, 6.07) is 2.39. The molecule has 1 atom stereocenters. The van der Waals surface area contributed by atoms with E-state index in [4.69, 9.17) is 9.47 Å². The number of carbonyl (C=O) groups is 1. The van der Waals surface area contributed by atoms with Crippen LogP contribution < -0.4 is 10.6 Å². The van der Waals surface area contributed by atoms with E-state index in [0.29, 0.717) is 26.2 Å². The van der Waals surface area contributed by atoms with Gasteiger partial charge >= 0.3 is 6.03 Å². The molecule has 134 valence electrons. The van der Waals surface area contributed by atoms with Crippen LogP contribution in [0.4, 0.5) is 13.6 Å². The molecule has 0 aliphatic carbocycles. The number of hydrogen-bond acceptors (Lipinski definition) is 3. The van der Waals surface area contributed by atoms with E-state index in [9.17, 15) is 13.6 Å². The summed E-state index contributed by atoms with van der Waals surface area (Å²) in [5.41, 5.74) is 0.260. The first kappa shape index (κ1) is 18.6. The summed E-state index contributed by atoms with van der Waals surface area (Å²) in [4.78, 5) is 12.1. The zero-order valence-electron chi connectivity index (χ0n) is 14.2. The number of benzene rings is 1. The third-order valence-electron chi connectivity index (χ3n) is 4.01. The SMILES string of the molecule is CC(C)C(NC(=O)NCCC1(C)OCCO1)c1ccc(F)cc1F. The second-order valence-electron chi connectivity index (χ2n) is 6.37. The van der Waals surface area contributed by atoms with Crippen LogP contribution in [0, 0.1) is 17.6 Å². The molecular formula is C17H24F2N2O3. The Kier molecular flexibility index (Phi) is 6.12. The highest BCUT2D eigenvalue weighted by Crippen LogP contribution is 2.25. The molecule has 0 bridgehead atoms. The predicted molar refractivity (Wildman–Crippen MR) is 85.4 cm³/mol. The number of urea groups is 1. The smallest absolute Gasteiger partial charge is 0.315 e. The Labute approximate surface area is 140 Å². The number of carbonyl (C=O) groups excluding carboxylic acids is 1. The summed E-state index contributed by atoms with van der Waals surface area (Å²) in [5, 5.41) is 5.45. The van der Waals surface area contributed by atoms with Gasteiger partial charge in [0.25, 0.3) is 0 Å². The molecule has 24 heavy (non-hydrogen) atoms. The predicted octanol–water partition coefficient (Wildman–Crippen LogP) is 3.11. The van der Waals surface area contributed by atoms with Gasteiger partial charge in [-0.3, -0.25) is 0 Å². The Morgan fingerprint density at radius 2 is 1.96 bits per heavy atom. The number of amides is 2. The Hall–Kier alpha value is -1.73. The van der Waals surface area contributed by atoms with E-state index in [2.05, 4.69) is 10.6 Å². The summed E-state index contributed by atoms with van der Waals surface area (Å²) < 4.78 is 38.0. The van der Waals surface area contributed by atoms with Gasteiger partial charge in [0.05, 0.1) is 19.3 Å². The largest absolute Gasteiger partial charge is 0.348 e. The highest BCUT2D eigenvalue weighted by Gasteiger charge is 2.30. The minimum atomic E-state index is -0.673. The normalized spacial score (nSPS) is 17.8. The first-order valence-corrected chi connectivity index (χ1v) is 8.08. The van der Waals surface area contributed by atoms with Crippen LogP contribution >= 0.6 is 0 Å². The summed E-state index contributed by atoms with van der Waals surface area (Å²) >= 11 is 0. The Bertz CT molecular complexity index is 575. The maximum atomic E-state index is 14.0. The molecule has 0 radical (unpaired) electrons. The van der Waals surface area contributed by atoms with E-state index in [1.165, 1.54) is 12.1 Å². The van der Waals surface area contributed by atoms with E-state index < -0.39 is 29.5 Å². The molecule has 0 saturated carbocycles. The zero-order chi connectivity index (χ0) is 17.7. The van der Waals surface area contributed by atoms with Crippen LogP contribution in [0.5, 0.6) is 0 Å². The molecule has 1 aliphatic rings. The lowest BCUT2D eigenvalue weighted by Gasteiger charge is -2.25. The van der Waals surface area contributed by atoms with Crippen molar-refractivity contribution in [2.75, 3.05) is 19.8 Å². The zero-order valence-corrected chi connectivity index (χ0v) is 14.2. The second kappa shape index (κ2) is 7.90. The molecule has 2 N–H and O–H groups in total. The van der Waals surface area contributed by atoms with Gasteiger partial charge in [-0.15, -0.1) is 0 Å². The first-order valence-electron chi connectivity index (χ1n) is 8.08. The van der Waals surface area contributed by atoms with Gasteiger partial charge in [-0.1, -0.05) is 19.9 Å². The van der Waals surface area contributed by atoms with Crippen molar-refractivity contribution in [1.82, 2.24) is 10.6 Å². The standard InChI is InChI=1S/C17H24F2N2O3/c1-11(2)15(13-5-4-12(18)10-14(13)19)21-16(22)20-7-6-17(3)23-8-9-24-17/h4-5,10-11,15H,6-9H2,1-3H3,(H2,20,21,22). The third kappa shape index (κ3) is 4.88. The monoisotopic (exact) mass is 342 g/mol. The minimum absolute atomic E-state index is 0.0604. The fourth-order valence-electron chi connectivity index (χ4n) is 2.65. The van der Waals surface area contributed by atoms with Gasteiger partial charge in [-0.25, -0.2) is 13.6 Å². The molecule has 0 spiro atoms. The van der Waals surface area contributed by atoms with Crippen molar-refractivity contribution >= 4 is 6.03 Å². The van der Waals surface area contributed by atoms with Crippen molar-refractivity contribution in [3.63, 3.8) is 0 Å². The van der Waals surface area contributed by atoms with Crippen LogP contribution in [0.2, 0.25) is 0 Å². The third-order valence-corrected chi connectivity index (χ3v) is 4.01. The van der Waals surface area contributed by atoms with Gasteiger partial charge in [0.2, 0.25) is 0 Å². The van der Waals surface area contributed by atoms with E-state index in [1.807, 2.05) is 20.8 Å². The lowest BCUT2D eigenvalue weighted by Crippen LogP contribution is -2.42. The van der Waals surface area contributed by atoms with Crippen LogP contribution in [-0.4, -0.2) is 31.6 Å². The number of nitrogens with one attached hydrogen (secondary N) is 2. The molecule has 2 rings (SSSR count). The average Bonchev–Trinajstić information content (AvgIpc) is 2.92. The van der Waals surface area contributed by atoms with Crippen molar-refractivity contribution in [3.8, 4) is 0 Å². The topological polar surface area (TPSA) is 59.6 Å². The highest BCUT2D eigenvalue weighted by atomic mass is 19.1. The van der Waals surface area contributed by atoms with Gasteiger partial charge < -0.3 is 20.1 Å². The van der Waals surface area contributed by atoms with Crippen LogP contribution in [0.3, 0.4) is 0 Å². The lowest BCUT2D eigenvalue weighted by molar-refractivity contribution is -0.145. The molecule has 0 aromatic heterocycles. The first-order chi connectivity index (χ1) is 11.3. The van der Waals surface area contributed by atoms with Crippen LogP contribution in [0.25, 0.3) is 0 Å². The number of hydrogen-bond donors (Lipinski definition) is 2. The Morgan fingerprint density at radius 1 is 1.29 bits per heavy atom. The summed E-state index contributed by atoms with van der Waals surface area (Å²) in [6.07, 6.45) is 0.512. The lowest BCUT2D eigenvalue weighted by atomic mass is 9.95. The number of rotatable bonds is 6. The highest BCUT2D eigenvalue weighted by molar-refractivity contribution is 5.74. The molecule has 1 fully saturated rings. The fraction of sp³-hybridized carbons (Fsp3) is 0.588. The van der Waals surface area contributed by atoms with E-state index in [0.717, 1.165) is 6.07 Å². The van der Waals surface area contributed by atoms with Crippen molar-refractivity contribution < 1.29 is 23.0 Å². The number of halogens is 2. The molecule has 1 unspecified atom stereocenters. The Morgan fingerprint density at radius 3 is 2.54 bits per heavy atom. The van der Waals surface area contributed by atoms with Gasteiger partial charge in [-0.05, 0) is 18.9 Å². The maximum Gasteiger partial charge on any atom is 0.315 e. The molecule has 7 heteroatoms. The summed E-state index contributed by atoms with van der Waals surface area (Å²) in [6.45, 7) is 6.98. The molecular weight excluding hydrogens is 318 g/mol. The van der Waals surface area contributed by atoms with Crippen molar-refractivity contribution in [2.45, 2.75) is 39.0 Å². The van der Waals surface area contributed by atoms with Gasteiger partial charge in [0.15, 0.2) is 5.79 Å². The Balaban J connectivity index is 1.91. The fourth-order valence-corrected chi connectivity index (χ4v) is 2.65. The molecule has 1 aromatic carbocycles. The molecule has 1 heterocycles. The average molecular weight is 342 g/mol. The quantitative estimate of drug-likeness (QED) is 0.835. The van der Waals surface area contributed by atoms with Crippen molar-refractivity contribution in [1.29, 1.82) is 0 Å². The van der Waals surface area contributed by atoms with Crippen molar-refractivity contribution in [2.24, 2.45) is 5.92 Å². The summed E-state index contributed by atoms with van der Waals surface area (Å²) in [7, 11) is 0. The van der Waals surface area contributed by atoms with Gasteiger partial charge in [0.1, 0.15) is 11.6 Å². The van der Waals surface area contributed by atoms with E-state index in [-0.39, 0.29) is 11.5 Å². The van der Waals surface area contributed by atoms with Crippen LogP contribution in [-0.2, 0) is 9.47 Å². The van der Waals surface area contributed by atoms with E-state index in [1.54, 1.807) is 0 Å². The van der Waals surface area contributed by atoms with Crippen LogP contribution in [0.15, 0.2) is 18.2 Å².